The van der Waals surface area contributed by atoms with Crippen molar-refractivity contribution in [1.29, 1.82) is 0 Å². The number of H-pyrrole nitrogens is 1. The van der Waals surface area contributed by atoms with Crippen LogP contribution < -0.4 is 9.47 Å². The monoisotopic (exact) mass is 469 g/mol. The lowest BCUT2D eigenvalue weighted by Crippen LogP contribution is -2.27. The second-order valence-corrected chi connectivity index (χ2v) is 8.76. The van der Waals surface area contributed by atoms with Gasteiger partial charge in [-0.15, -0.1) is 0 Å². The van der Waals surface area contributed by atoms with Crippen LogP contribution in [0.3, 0.4) is 0 Å². The molecule has 0 amide bonds. The van der Waals surface area contributed by atoms with Crippen molar-refractivity contribution < 1.29 is 14.6 Å². The summed E-state index contributed by atoms with van der Waals surface area (Å²) in [5.74, 6) is 1.80. The fourth-order valence-corrected chi connectivity index (χ4v) is 4.74. The number of aromatic nitrogens is 2. The molecule has 0 unspecified atom stereocenters. The minimum atomic E-state index is 0.270. The first-order chi connectivity index (χ1) is 17.1. The van der Waals surface area contributed by atoms with Crippen LogP contribution in [-0.2, 0) is 6.42 Å². The van der Waals surface area contributed by atoms with Crippen molar-refractivity contribution >= 4 is 0 Å². The van der Waals surface area contributed by atoms with Crippen LogP contribution in [0.2, 0.25) is 0 Å². The molecule has 1 aliphatic rings. The predicted octanol–water partition coefficient (Wildman–Crippen LogP) is 5.75. The summed E-state index contributed by atoms with van der Waals surface area (Å²) in [6, 6.07) is 19.8. The average molecular weight is 470 g/mol. The number of rotatable bonds is 9. The molecule has 1 aromatic heterocycles. The fraction of sp³-hybridized carbons (Fsp3) is 0.276. The number of hydrogen-bond acceptors (Lipinski definition) is 5. The highest BCUT2D eigenvalue weighted by molar-refractivity contribution is 5.83. The number of ether oxygens (including phenoxy) is 2. The second-order valence-electron chi connectivity index (χ2n) is 8.76. The van der Waals surface area contributed by atoms with Crippen molar-refractivity contribution in [3.05, 3.63) is 71.8 Å². The minimum Gasteiger partial charge on any atom is -0.508 e. The molecule has 0 fully saturated rings. The zero-order valence-corrected chi connectivity index (χ0v) is 20.5. The van der Waals surface area contributed by atoms with Crippen molar-refractivity contribution in [1.82, 2.24) is 15.1 Å². The van der Waals surface area contributed by atoms with E-state index >= 15 is 0 Å². The topological polar surface area (TPSA) is 70.6 Å². The molecule has 35 heavy (non-hydrogen) atoms. The van der Waals surface area contributed by atoms with Crippen molar-refractivity contribution in [2.24, 2.45) is 0 Å². The lowest BCUT2D eigenvalue weighted by Gasteiger charge is -2.19. The van der Waals surface area contributed by atoms with Gasteiger partial charge in [0.25, 0.3) is 0 Å². The SMILES string of the molecule is CCN(CC)CCOc1cc2c(cc1OC)-c1[nH]nc(-c3ccc(-c4ccc(O)cc4)cc3)c1C2. The molecule has 0 atom stereocenters. The Kier molecular flexibility index (Phi) is 6.47. The van der Waals surface area contributed by atoms with Gasteiger partial charge in [0.15, 0.2) is 11.5 Å². The number of nitrogens with zero attached hydrogens (tertiary/aromatic N) is 2. The lowest BCUT2D eigenvalue weighted by molar-refractivity contribution is 0.217. The third kappa shape index (κ3) is 4.49. The number of fused-ring (bicyclic) bond motifs is 3. The molecule has 6 nitrogen and oxygen atoms in total. The normalized spacial score (nSPS) is 12.0. The molecule has 3 aromatic carbocycles. The smallest absolute Gasteiger partial charge is 0.161 e. The Balaban J connectivity index is 1.37. The molecule has 5 rings (SSSR count). The first-order valence-electron chi connectivity index (χ1n) is 12.1. The van der Waals surface area contributed by atoms with Crippen molar-refractivity contribution in [2.75, 3.05) is 33.4 Å². The molecule has 0 spiro atoms. The van der Waals surface area contributed by atoms with Crippen LogP contribution in [0.5, 0.6) is 17.2 Å². The molecule has 0 radical (unpaired) electrons. The van der Waals surface area contributed by atoms with Gasteiger partial charge in [0.05, 0.1) is 18.5 Å². The molecule has 0 aliphatic heterocycles. The van der Waals surface area contributed by atoms with Crippen LogP contribution in [0.15, 0.2) is 60.7 Å². The number of phenolic OH excluding ortho intramolecular Hbond substituents is 1. The molecule has 1 aliphatic carbocycles. The first kappa shape index (κ1) is 23.0. The summed E-state index contributed by atoms with van der Waals surface area (Å²) in [5, 5.41) is 17.5. The van der Waals surface area contributed by atoms with E-state index in [0.29, 0.717) is 6.61 Å². The zero-order valence-electron chi connectivity index (χ0n) is 20.5. The Hall–Kier alpha value is -3.77. The highest BCUT2D eigenvalue weighted by Crippen LogP contribution is 2.44. The second kappa shape index (κ2) is 9.84. The summed E-state index contributed by atoms with van der Waals surface area (Å²) in [5.41, 5.74) is 8.78. The molecule has 0 bridgehead atoms. The Labute approximate surface area is 206 Å². The van der Waals surface area contributed by atoms with Gasteiger partial charge in [0.1, 0.15) is 12.4 Å². The molecule has 4 aromatic rings. The van der Waals surface area contributed by atoms with Gasteiger partial charge in [-0.1, -0.05) is 50.2 Å². The Morgan fingerprint density at radius 2 is 1.57 bits per heavy atom. The van der Waals surface area contributed by atoms with Gasteiger partial charge < -0.3 is 19.5 Å². The summed E-state index contributed by atoms with van der Waals surface area (Å²) >= 11 is 0. The number of likely N-dealkylation sites (N-methyl/N-ethyl adjacent to an activating group) is 1. The van der Waals surface area contributed by atoms with Crippen LogP contribution in [0.4, 0.5) is 0 Å². The number of methoxy groups -OCH3 is 1. The van der Waals surface area contributed by atoms with Crippen LogP contribution >= 0.6 is 0 Å². The van der Waals surface area contributed by atoms with Crippen LogP contribution in [0.1, 0.15) is 25.0 Å². The van der Waals surface area contributed by atoms with Crippen molar-refractivity contribution in [3.8, 4) is 50.9 Å². The summed E-state index contributed by atoms with van der Waals surface area (Å²) in [6.07, 6.45) is 0.798. The number of hydrogen-bond donors (Lipinski definition) is 2. The summed E-state index contributed by atoms with van der Waals surface area (Å²) in [4.78, 5) is 2.34. The van der Waals surface area contributed by atoms with E-state index in [0.717, 1.165) is 71.2 Å². The maximum absolute atomic E-state index is 9.54. The number of aromatic amines is 1. The van der Waals surface area contributed by atoms with E-state index in [1.165, 1.54) is 11.1 Å². The number of nitrogens with one attached hydrogen (secondary N) is 1. The standard InChI is InChI=1S/C29H31N3O3/c1-4-32(5-2)14-15-35-27-17-22-16-25-28(30-31-29(25)24(22)18-26(27)34-3)21-8-6-19(7-9-21)20-10-12-23(33)13-11-20/h6-13,17-18,33H,4-5,14-16H2,1-3H3,(H,30,31). The third-order valence-electron chi connectivity index (χ3n) is 6.81. The maximum atomic E-state index is 9.54. The summed E-state index contributed by atoms with van der Waals surface area (Å²) in [6.45, 7) is 7.88. The molecular formula is C29H31N3O3. The molecular weight excluding hydrogens is 438 g/mol. The summed E-state index contributed by atoms with van der Waals surface area (Å²) in [7, 11) is 1.68. The van der Waals surface area contributed by atoms with E-state index in [-0.39, 0.29) is 5.75 Å². The third-order valence-corrected chi connectivity index (χ3v) is 6.81. The first-order valence-corrected chi connectivity index (χ1v) is 12.1. The van der Waals surface area contributed by atoms with E-state index in [1.807, 2.05) is 12.1 Å². The van der Waals surface area contributed by atoms with E-state index in [1.54, 1.807) is 19.2 Å². The van der Waals surface area contributed by atoms with E-state index < -0.39 is 0 Å². The fourth-order valence-electron chi connectivity index (χ4n) is 4.74. The molecule has 180 valence electrons. The zero-order chi connectivity index (χ0) is 24.4. The van der Waals surface area contributed by atoms with Crippen molar-refractivity contribution in [3.63, 3.8) is 0 Å². The van der Waals surface area contributed by atoms with Gasteiger partial charge in [-0.2, -0.15) is 5.10 Å². The highest BCUT2D eigenvalue weighted by atomic mass is 16.5. The predicted molar refractivity (Wildman–Crippen MR) is 139 cm³/mol. The molecule has 2 N–H and O–H groups in total. The van der Waals surface area contributed by atoms with Gasteiger partial charge in [-0.25, -0.2) is 0 Å². The Morgan fingerprint density at radius 3 is 2.23 bits per heavy atom. The van der Waals surface area contributed by atoms with Gasteiger partial charge in [0.2, 0.25) is 0 Å². The number of aromatic hydroxyl groups is 1. The van der Waals surface area contributed by atoms with Crippen LogP contribution in [0.25, 0.3) is 33.6 Å². The van der Waals surface area contributed by atoms with Gasteiger partial charge in [-0.05, 0) is 54.0 Å². The largest absolute Gasteiger partial charge is 0.508 e. The van der Waals surface area contributed by atoms with E-state index in [9.17, 15) is 5.11 Å². The molecule has 0 saturated heterocycles. The Bertz CT molecular complexity index is 1310. The Morgan fingerprint density at radius 1 is 0.914 bits per heavy atom. The molecule has 6 heteroatoms. The van der Waals surface area contributed by atoms with Crippen molar-refractivity contribution in [2.45, 2.75) is 20.3 Å². The minimum absolute atomic E-state index is 0.270. The van der Waals surface area contributed by atoms with Gasteiger partial charge >= 0.3 is 0 Å². The maximum Gasteiger partial charge on any atom is 0.161 e. The van der Waals surface area contributed by atoms with E-state index in [2.05, 4.69) is 65.3 Å². The van der Waals surface area contributed by atoms with E-state index in [4.69, 9.17) is 9.47 Å². The van der Waals surface area contributed by atoms with Crippen LogP contribution in [0, 0.1) is 0 Å². The van der Waals surface area contributed by atoms with Gasteiger partial charge in [-0.3, -0.25) is 5.10 Å². The molecule has 0 saturated carbocycles. The molecule has 1 heterocycles. The lowest BCUT2D eigenvalue weighted by atomic mass is 10.0. The quantitative estimate of drug-likeness (QED) is 0.288. The van der Waals surface area contributed by atoms with Gasteiger partial charge in [0, 0.05) is 29.7 Å². The number of benzene rings is 3. The average Bonchev–Trinajstić information content (AvgIpc) is 3.46. The summed E-state index contributed by atoms with van der Waals surface area (Å²) < 4.78 is 11.8. The van der Waals surface area contributed by atoms with Crippen LogP contribution in [-0.4, -0.2) is 53.6 Å². The number of phenols is 1. The highest BCUT2D eigenvalue weighted by Gasteiger charge is 2.27.